The van der Waals surface area contributed by atoms with Crippen LogP contribution in [0.5, 0.6) is 0 Å². The van der Waals surface area contributed by atoms with Crippen LogP contribution >= 0.6 is 23.2 Å². The smallest absolute Gasteiger partial charge is 0.229 e. The maximum atomic E-state index is 14.2. The molecule has 1 N–H and O–H groups in total. The van der Waals surface area contributed by atoms with E-state index in [9.17, 15) is 9.90 Å². The van der Waals surface area contributed by atoms with Gasteiger partial charge in [-0.2, -0.15) is 0 Å². The second-order valence-corrected chi connectivity index (χ2v) is 10.8. The second-order valence-electron chi connectivity index (χ2n) is 9.93. The largest absolute Gasteiger partial charge is 0.391 e. The lowest BCUT2D eigenvalue weighted by atomic mass is 9.66. The van der Waals surface area contributed by atoms with E-state index in [0.29, 0.717) is 35.2 Å². The number of allylic oxidation sites excluding steroid dienone is 1. The number of piperidine rings is 1. The molecule has 0 aromatic heterocycles. The highest BCUT2D eigenvalue weighted by molar-refractivity contribution is 6.30. The molecule has 0 radical (unpaired) electrons. The van der Waals surface area contributed by atoms with E-state index in [2.05, 4.69) is 12.6 Å². The minimum absolute atomic E-state index is 0.0258. The number of hydrogen-bond acceptors (Lipinski definition) is 2. The molecule has 2 unspecified atom stereocenters. The molecular weight excluding hydrogens is 453 g/mol. The zero-order valence-corrected chi connectivity index (χ0v) is 20.9. The maximum Gasteiger partial charge on any atom is 0.229 e. The molecule has 1 amide bonds. The van der Waals surface area contributed by atoms with Crippen molar-refractivity contribution in [2.45, 2.75) is 70.1 Å². The van der Waals surface area contributed by atoms with Gasteiger partial charge in [-0.1, -0.05) is 67.4 Å². The summed E-state index contributed by atoms with van der Waals surface area (Å²) in [4.78, 5) is 16.3. The minimum Gasteiger partial charge on any atom is -0.391 e. The normalized spacial score (nSPS) is 27.3. The Morgan fingerprint density at radius 1 is 1.15 bits per heavy atom. The van der Waals surface area contributed by atoms with E-state index in [1.54, 1.807) is 0 Å². The molecule has 176 valence electrons. The van der Waals surface area contributed by atoms with Crippen molar-refractivity contribution in [2.75, 3.05) is 0 Å². The standard InChI is InChI=1S/C28H33Cl2NO2/c1-4-15-28(3)17-23(20-7-6-8-22(30)16-20)25(18-11-13-21(29)14-12-18)31(27(28)33)26(19-9-10-19)24(32)5-2/h4,6-8,11-14,16,19,23-26,32H,1,5,9-10,15,17H2,2-3H3/t23-,24+,25?,26?,28+/m1/s1. The van der Waals surface area contributed by atoms with E-state index in [4.69, 9.17) is 23.2 Å². The van der Waals surface area contributed by atoms with Crippen LogP contribution in [0.1, 0.15) is 69.0 Å². The quantitative estimate of drug-likeness (QED) is 0.402. The van der Waals surface area contributed by atoms with Crippen molar-refractivity contribution in [3.63, 3.8) is 0 Å². The average molecular weight is 486 g/mol. The molecule has 3 nitrogen and oxygen atoms in total. The lowest BCUT2D eigenvalue weighted by Gasteiger charge is -2.53. The summed E-state index contributed by atoms with van der Waals surface area (Å²) in [5, 5.41) is 12.5. The molecule has 1 saturated carbocycles. The molecule has 2 fully saturated rings. The van der Waals surface area contributed by atoms with Gasteiger partial charge in [0, 0.05) is 16.0 Å². The average Bonchev–Trinajstić information content (AvgIpc) is 3.63. The molecule has 4 rings (SSSR count). The van der Waals surface area contributed by atoms with Crippen LogP contribution in [-0.4, -0.2) is 28.1 Å². The summed E-state index contributed by atoms with van der Waals surface area (Å²) in [6.07, 6.45) is 5.24. The lowest BCUT2D eigenvalue weighted by molar-refractivity contribution is -0.159. The molecular formula is C28H33Cl2NO2. The SMILES string of the molecule is C=CC[C@@]1(C)C[C@H](c2cccc(Cl)c2)C(c2ccc(Cl)cc2)N(C(C2CC2)[C@@H](O)CC)C1=O. The third kappa shape index (κ3) is 4.87. The molecule has 1 aliphatic carbocycles. The number of halogens is 2. The fourth-order valence-corrected chi connectivity index (χ4v) is 5.95. The highest BCUT2D eigenvalue weighted by Gasteiger charge is 2.54. The van der Waals surface area contributed by atoms with Crippen LogP contribution in [0.4, 0.5) is 0 Å². The zero-order chi connectivity index (χ0) is 23.8. The third-order valence-corrected chi connectivity index (χ3v) is 7.91. The number of likely N-dealkylation sites (tertiary alicyclic amines) is 1. The van der Waals surface area contributed by atoms with E-state index in [1.165, 1.54) is 0 Å². The predicted molar refractivity (Wildman–Crippen MR) is 136 cm³/mol. The van der Waals surface area contributed by atoms with Gasteiger partial charge in [0.1, 0.15) is 0 Å². The van der Waals surface area contributed by atoms with E-state index in [0.717, 1.165) is 24.0 Å². The molecule has 5 heteroatoms. The molecule has 2 aromatic carbocycles. The monoisotopic (exact) mass is 485 g/mol. The van der Waals surface area contributed by atoms with Crippen LogP contribution in [0.15, 0.2) is 61.2 Å². The van der Waals surface area contributed by atoms with Gasteiger partial charge in [0.2, 0.25) is 5.91 Å². The van der Waals surface area contributed by atoms with Gasteiger partial charge >= 0.3 is 0 Å². The summed E-state index contributed by atoms with van der Waals surface area (Å²) in [5.41, 5.74) is 1.54. The van der Waals surface area contributed by atoms with Crippen molar-refractivity contribution >= 4 is 29.1 Å². The number of aliphatic hydroxyl groups is 1. The summed E-state index contributed by atoms with van der Waals surface area (Å²) >= 11 is 12.6. The fraction of sp³-hybridized carbons (Fsp3) is 0.464. The Labute approximate surface area is 207 Å². The Kier molecular flexibility index (Phi) is 7.23. The molecule has 1 saturated heterocycles. The lowest BCUT2D eigenvalue weighted by Crippen LogP contribution is -2.59. The van der Waals surface area contributed by atoms with E-state index < -0.39 is 11.5 Å². The summed E-state index contributed by atoms with van der Waals surface area (Å²) < 4.78 is 0. The Morgan fingerprint density at radius 2 is 1.85 bits per heavy atom. The zero-order valence-electron chi connectivity index (χ0n) is 19.4. The first-order valence-corrected chi connectivity index (χ1v) is 12.7. The van der Waals surface area contributed by atoms with Gasteiger partial charge in [0.25, 0.3) is 0 Å². The Hall–Kier alpha value is -1.81. The maximum absolute atomic E-state index is 14.2. The molecule has 33 heavy (non-hydrogen) atoms. The van der Waals surface area contributed by atoms with Gasteiger partial charge in [0.05, 0.1) is 23.6 Å². The Bertz CT molecular complexity index is 1000. The summed E-state index contributed by atoms with van der Waals surface area (Å²) in [6.45, 7) is 7.98. The number of benzene rings is 2. The van der Waals surface area contributed by atoms with Crippen LogP contribution in [0, 0.1) is 11.3 Å². The summed E-state index contributed by atoms with van der Waals surface area (Å²) in [5.74, 6) is 0.452. The highest BCUT2D eigenvalue weighted by atomic mass is 35.5. The van der Waals surface area contributed by atoms with Gasteiger partial charge < -0.3 is 10.0 Å². The van der Waals surface area contributed by atoms with Gasteiger partial charge in [-0.15, -0.1) is 6.58 Å². The van der Waals surface area contributed by atoms with Gasteiger partial charge in [-0.3, -0.25) is 4.79 Å². The van der Waals surface area contributed by atoms with Crippen molar-refractivity contribution in [3.8, 4) is 0 Å². The van der Waals surface area contributed by atoms with Gasteiger partial charge in [0.15, 0.2) is 0 Å². The van der Waals surface area contributed by atoms with Gasteiger partial charge in [-0.05, 0) is 73.4 Å². The molecule has 5 atom stereocenters. The second kappa shape index (κ2) is 9.82. The van der Waals surface area contributed by atoms with Gasteiger partial charge in [-0.25, -0.2) is 0 Å². The van der Waals surface area contributed by atoms with Crippen molar-refractivity contribution in [2.24, 2.45) is 11.3 Å². The van der Waals surface area contributed by atoms with E-state index >= 15 is 0 Å². The Balaban J connectivity index is 1.92. The molecule has 1 heterocycles. The van der Waals surface area contributed by atoms with Crippen LogP contribution < -0.4 is 0 Å². The van der Waals surface area contributed by atoms with Crippen LogP contribution in [0.3, 0.4) is 0 Å². The number of carbonyl (C=O) groups is 1. The van der Waals surface area contributed by atoms with E-state index in [1.807, 2.05) is 67.3 Å². The predicted octanol–water partition coefficient (Wildman–Crippen LogP) is 7.18. The first-order chi connectivity index (χ1) is 15.8. The first-order valence-electron chi connectivity index (χ1n) is 11.9. The van der Waals surface area contributed by atoms with Crippen LogP contribution in [0.2, 0.25) is 10.0 Å². The van der Waals surface area contributed by atoms with Crippen LogP contribution in [-0.2, 0) is 4.79 Å². The molecule has 2 aliphatic rings. The van der Waals surface area contributed by atoms with Crippen LogP contribution in [0.25, 0.3) is 0 Å². The summed E-state index contributed by atoms with van der Waals surface area (Å²) in [6, 6.07) is 15.3. The third-order valence-electron chi connectivity index (χ3n) is 7.42. The van der Waals surface area contributed by atoms with Crippen molar-refractivity contribution in [3.05, 3.63) is 82.4 Å². The fourth-order valence-electron chi connectivity index (χ4n) is 5.62. The number of rotatable bonds is 8. The molecule has 0 bridgehead atoms. The van der Waals surface area contributed by atoms with Crippen molar-refractivity contribution in [1.29, 1.82) is 0 Å². The first kappa shape index (κ1) is 24.3. The van der Waals surface area contributed by atoms with E-state index in [-0.39, 0.29) is 23.9 Å². The number of amides is 1. The van der Waals surface area contributed by atoms with Crippen molar-refractivity contribution < 1.29 is 9.90 Å². The summed E-state index contributed by atoms with van der Waals surface area (Å²) in [7, 11) is 0. The topological polar surface area (TPSA) is 40.5 Å². The number of hydrogen-bond donors (Lipinski definition) is 1. The minimum atomic E-state index is -0.599. The molecule has 1 aliphatic heterocycles. The van der Waals surface area contributed by atoms with Crippen molar-refractivity contribution in [1.82, 2.24) is 4.90 Å². The molecule has 2 aromatic rings. The number of aliphatic hydroxyl groups excluding tert-OH is 1. The molecule has 0 spiro atoms. The number of nitrogens with zero attached hydrogens (tertiary/aromatic N) is 1. The number of carbonyl (C=O) groups excluding carboxylic acids is 1. The Morgan fingerprint density at radius 3 is 2.42 bits per heavy atom. The highest BCUT2D eigenvalue weighted by Crippen LogP contribution is 2.54.